The molecule has 0 aliphatic carbocycles. The summed E-state index contributed by atoms with van der Waals surface area (Å²) in [6, 6.07) is 11.8. The molecule has 0 radical (unpaired) electrons. The molecule has 0 spiro atoms. The van der Waals surface area contributed by atoms with Gasteiger partial charge in [-0.1, -0.05) is 12.1 Å². The van der Waals surface area contributed by atoms with Crippen LogP contribution in [-0.2, 0) is 17.8 Å². The second-order valence-corrected chi connectivity index (χ2v) is 7.85. The van der Waals surface area contributed by atoms with E-state index in [1.807, 2.05) is 48.2 Å². The number of furan rings is 1. The number of ether oxygens (including phenoxy) is 1. The molecule has 0 saturated carbocycles. The normalized spacial score (nSPS) is 16.2. The lowest BCUT2D eigenvalue weighted by Gasteiger charge is -2.28. The number of fused-ring (bicyclic) bond motifs is 1. The highest BCUT2D eigenvalue weighted by atomic mass is 32.1. The number of aromatic nitrogens is 1. The first kappa shape index (κ1) is 19.7. The molecule has 6 nitrogen and oxygen atoms in total. The number of H-pyrrole nitrogens is 1. The molecule has 2 aromatic heterocycles. The summed E-state index contributed by atoms with van der Waals surface area (Å²) in [6.07, 6.45) is 3.83. The van der Waals surface area contributed by atoms with E-state index in [4.69, 9.17) is 21.4 Å². The number of benzene rings is 1. The number of nitrogens with one attached hydrogen (secondary N) is 2. The van der Waals surface area contributed by atoms with Crippen molar-refractivity contribution in [3.05, 3.63) is 69.9 Å². The molecule has 3 heterocycles. The maximum absolute atomic E-state index is 12.7. The molecule has 1 fully saturated rings. The highest BCUT2D eigenvalue weighted by Crippen LogP contribution is 2.17. The van der Waals surface area contributed by atoms with Gasteiger partial charge in [0, 0.05) is 24.2 Å². The third-order valence-electron chi connectivity index (χ3n) is 5.17. The van der Waals surface area contributed by atoms with Gasteiger partial charge >= 0.3 is 0 Å². The third-order valence-corrected chi connectivity index (χ3v) is 5.57. The highest BCUT2D eigenvalue weighted by Gasteiger charge is 2.22. The van der Waals surface area contributed by atoms with Crippen molar-refractivity contribution in [1.82, 2.24) is 15.2 Å². The Morgan fingerprint density at radius 1 is 1.34 bits per heavy atom. The van der Waals surface area contributed by atoms with Gasteiger partial charge in [0.25, 0.3) is 5.56 Å². The number of hydrogen-bond acceptors (Lipinski definition) is 4. The van der Waals surface area contributed by atoms with Crippen LogP contribution < -0.4 is 10.9 Å². The van der Waals surface area contributed by atoms with Crippen LogP contribution in [0.5, 0.6) is 0 Å². The monoisotopic (exact) mass is 411 g/mol. The summed E-state index contributed by atoms with van der Waals surface area (Å²) in [5, 5.41) is 4.83. The second-order valence-electron chi connectivity index (χ2n) is 7.47. The number of hydrogen-bond donors (Lipinski definition) is 2. The molecule has 3 aromatic rings. The van der Waals surface area contributed by atoms with E-state index in [-0.39, 0.29) is 11.7 Å². The van der Waals surface area contributed by atoms with E-state index in [1.165, 1.54) is 0 Å². The van der Waals surface area contributed by atoms with Gasteiger partial charge in [0.1, 0.15) is 5.76 Å². The summed E-state index contributed by atoms with van der Waals surface area (Å²) in [5.74, 6) is 0.809. The molecule has 7 heteroatoms. The lowest BCUT2D eigenvalue weighted by molar-refractivity contribution is 0.0896. The fraction of sp³-hybridized carbons (Fsp3) is 0.364. The van der Waals surface area contributed by atoms with Crippen LogP contribution in [0.3, 0.4) is 0 Å². The first-order valence-corrected chi connectivity index (χ1v) is 10.3. The molecule has 2 N–H and O–H groups in total. The quantitative estimate of drug-likeness (QED) is 0.605. The zero-order valence-electron chi connectivity index (χ0n) is 16.4. The van der Waals surface area contributed by atoms with E-state index in [1.54, 1.807) is 6.26 Å². The first-order valence-electron chi connectivity index (χ1n) is 9.88. The SMILES string of the molecule is Cc1ccc2cc(CN(C[C@H]3CCCO3)C(=S)NCc3ccco3)c(=O)[nH]c2c1. The minimum Gasteiger partial charge on any atom is -0.467 e. The van der Waals surface area contributed by atoms with Gasteiger partial charge in [0.15, 0.2) is 5.11 Å². The summed E-state index contributed by atoms with van der Waals surface area (Å²) >= 11 is 5.64. The Bertz CT molecular complexity index is 1040. The molecule has 1 aliphatic heterocycles. The van der Waals surface area contributed by atoms with Crippen molar-refractivity contribution in [2.24, 2.45) is 0 Å². The summed E-state index contributed by atoms with van der Waals surface area (Å²) in [5.41, 5.74) is 2.56. The van der Waals surface area contributed by atoms with Crippen molar-refractivity contribution in [2.75, 3.05) is 13.2 Å². The van der Waals surface area contributed by atoms with Gasteiger partial charge in [-0.2, -0.15) is 0 Å². The van der Waals surface area contributed by atoms with Gasteiger partial charge in [0.05, 0.1) is 25.5 Å². The standard InChI is InChI=1S/C22H25N3O3S/c1-15-6-7-16-11-17(21(26)24-20(16)10-15)13-25(14-19-5-3-9-28-19)22(29)23-12-18-4-2-8-27-18/h2,4,6-8,10-11,19H,3,5,9,12-14H2,1H3,(H,23,29)(H,24,26)/t19-/m1/s1. The summed E-state index contributed by atoms with van der Waals surface area (Å²) < 4.78 is 11.2. The van der Waals surface area contributed by atoms with Crippen LogP contribution in [0, 0.1) is 6.92 Å². The Kier molecular flexibility index (Phi) is 5.97. The molecular weight excluding hydrogens is 386 g/mol. The van der Waals surface area contributed by atoms with Gasteiger partial charge in [-0.25, -0.2) is 0 Å². The molecular formula is C22H25N3O3S. The Hall–Kier alpha value is -2.64. The van der Waals surface area contributed by atoms with Gasteiger partial charge < -0.3 is 24.4 Å². The van der Waals surface area contributed by atoms with Crippen LogP contribution in [0.2, 0.25) is 0 Å². The lowest BCUT2D eigenvalue weighted by atomic mass is 10.1. The fourth-order valence-electron chi connectivity index (χ4n) is 3.62. The van der Waals surface area contributed by atoms with Crippen LogP contribution in [0.4, 0.5) is 0 Å². The summed E-state index contributed by atoms with van der Waals surface area (Å²) in [6.45, 7) is 4.36. The predicted octanol–water partition coefficient (Wildman–Crippen LogP) is 3.49. The van der Waals surface area contributed by atoms with E-state index < -0.39 is 0 Å². The molecule has 4 rings (SSSR count). The number of nitrogens with zero attached hydrogens (tertiary/aromatic N) is 1. The Morgan fingerprint density at radius 3 is 3.00 bits per heavy atom. The van der Waals surface area contributed by atoms with E-state index in [2.05, 4.69) is 10.3 Å². The minimum absolute atomic E-state index is 0.0886. The number of aryl methyl sites for hydroxylation is 1. The highest BCUT2D eigenvalue weighted by molar-refractivity contribution is 7.80. The molecule has 1 saturated heterocycles. The molecule has 1 atom stereocenters. The predicted molar refractivity (Wildman–Crippen MR) is 117 cm³/mol. The van der Waals surface area contributed by atoms with Crippen LogP contribution in [0.25, 0.3) is 10.9 Å². The molecule has 0 unspecified atom stereocenters. The van der Waals surface area contributed by atoms with Crippen molar-refractivity contribution >= 4 is 28.2 Å². The molecule has 29 heavy (non-hydrogen) atoms. The third kappa shape index (κ3) is 4.86. The van der Waals surface area contributed by atoms with Crippen molar-refractivity contribution in [3.63, 3.8) is 0 Å². The minimum atomic E-state index is -0.0886. The number of pyridine rings is 1. The number of rotatable bonds is 6. The summed E-state index contributed by atoms with van der Waals surface area (Å²) in [4.78, 5) is 17.7. The average Bonchev–Trinajstić information content (AvgIpc) is 3.40. The largest absolute Gasteiger partial charge is 0.467 e. The van der Waals surface area contributed by atoms with E-state index in [0.29, 0.717) is 30.3 Å². The fourth-order valence-corrected chi connectivity index (χ4v) is 3.84. The number of thiocarbonyl (C=S) groups is 1. The van der Waals surface area contributed by atoms with Crippen LogP contribution in [0.15, 0.2) is 51.9 Å². The van der Waals surface area contributed by atoms with Crippen molar-refractivity contribution in [3.8, 4) is 0 Å². The zero-order valence-corrected chi connectivity index (χ0v) is 17.3. The molecule has 1 aliphatic rings. The Morgan fingerprint density at radius 2 is 2.24 bits per heavy atom. The lowest BCUT2D eigenvalue weighted by Crippen LogP contribution is -2.43. The Balaban J connectivity index is 1.54. The van der Waals surface area contributed by atoms with Crippen LogP contribution in [0.1, 0.15) is 29.7 Å². The van der Waals surface area contributed by atoms with Crippen LogP contribution in [-0.4, -0.2) is 34.3 Å². The second kappa shape index (κ2) is 8.80. The summed E-state index contributed by atoms with van der Waals surface area (Å²) in [7, 11) is 0. The van der Waals surface area contributed by atoms with Crippen LogP contribution >= 0.6 is 12.2 Å². The Labute approximate surface area is 174 Å². The molecule has 0 amide bonds. The maximum Gasteiger partial charge on any atom is 0.253 e. The first-order chi connectivity index (χ1) is 14.1. The smallest absolute Gasteiger partial charge is 0.253 e. The average molecular weight is 412 g/mol. The molecule has 152 valence electrons. The van der Waals surface area contributed by atoms with E-state index >= 15 is 0 Å². The molecule has 1 aromatic carbocycles. The van der Waals surface area contributed by atoms with Gasteiger partial charge in [-0.3, -0.25) is 4.79 Å². The van der Waals surface area contributed by atoms with Gasteiger partial charge in [0.2, 0.25) is 0 Å². The van der Waals surface area contributed by atoms with Crippen molar-refractivity contribution in [1.29, 1.82) is 0 Å². The van der Waals surface area contributed by atoms with E-state index in [0.717, 1.165) is 41.7 Å². The topological polar surface area (TPSA) is 70.5 Å². The maximum atomic E-state index is 12.7. The van der Waals surface area contributed by atoms with Crippen molar-refractivity contribution < 1.29 is 9.15 Å². The van der Waals surface area contributed by atoms with E-state index in [9.17, 15) is 4.79 Å². The zero-order chi connectivity index (χ0) is 20.2. The molecule has 0 bridgehead atoms. The van der Waals surface area contributed by atoms with Gasteiger partial charge in [-0.05, 0) is 67.2 Å². The van der Waals surface area contributed by atoms with Crippen molar-refractivity contribution in [2.45, 2.75) is 39.0 Å². The number of aromatic amines is 1. The van der Waals surface area contributed by atoms with Gasteiger partial charge in [-0.15, -0.1) is 0 Å².